The molecule has 1 fully saturated rings. The monoisotopic (exact) mass is 468 g/mol. The van der Waals surface area contributed by atoms with Crippen LogP contribution in [0.25, 0.3) is 0 Å². The van der Waals surface area contributed by atoms with Crippen LogP contribution in [0.2, 0.25) is 0 Å². The Hall–Kier alpha value is -3.36. The first-order chi connectivity index (χ1) is 16.4. The van der Waals surface area contributed by atoms with Crippen molar-refractivity contribution in [2.24, 2.45) is 0 Å². The van der Waals surface area contributed by atoms with Crippen molar-refractivity contribution in [2.75, 3.05) is 19.1 Å². The summed E-state index contributed by atoms with van der Waals surface area (Å²) in [7, 11) is 2.83. The fourth-order valence-electron chi connectivity index (χ4n) is 4.86. The fraction of sp³-hybridized carbons (Fsp3) is 0.520. The number of rotatable bonds is 5. The molecular weight excluding hydrogens is 436 g/mol. The zero-order chi connectivity index (χ0) is 24.3. The highest BCUT2D eigenvalue weighted by Crippen LogP contribution is 2.34. The van der Waals surface area contributed by atoms with E-state index in [4.69, 9.17) is 9.47 Å². The number of hydrogen-bond acceptors (Lipinski definition) is 6. The molecule has 1 aromatic carbocycles. The summed E-state index contributed by atoms with van der Waals surface area (Å²) in [5, 5.41) is 7.50. The molecule has 2 aromatic rings. The normalized spacial score (nSPS) is 21.3. The Kier molecular flexibility index (Phi) is 6.90. The van der Waals surface area contributed by atoms with Gasteiger partial charge in [0.2, 0.25) is 5.91 Å². The number of nitrogens with one attached hydrogen (secondary N) is 1. The molecule has 0 saturated heterocycles. The highest BCUT2D eigenvalue weighted by Gasteiger charge is 2.49. The van der Waals surface area contributed by atoms with Crippen LogP contribution < -0.4 is 15.0 Å². The number of amides is 2. The fourth-order valence-corrected chi connectivity index (χ4v) is 4.86. The predicted octanol–water partition coefficient (Wildman–Crippen LogP) is 3.33. The Balaban J connectivity index is 1.71. The molecule has 1 atom stereocenters. The van der Waals surface area contributed by atoms with Crippen molar-refractivity contribution in [1.29, 1.82) is 0 Å². The van der Waals surface area contributed by atoms with Crippen LogP contribution in [0, 0.1) is 0 Å². The molecule has 1 aromatic heterocycles. The maximum Gasteiger partial charge on any atom is 0.358 e. The van der Waals surface area contributed by atoms with E-state index in [0.717, 1.165) is 25.7 Å². The minimum atomic E-state index is -1.25. The quantitative estimate of drug-likeness (QED) is 0.676. The number of methoxy groups -OCH3 is 2. The number of carbonyl (C=O) groups excluding carboxylic acids is 3. The molecule has 0 radical (unpaired) electrons. The average molecular weight is 469 g/mol. The Labute approximate surface area is 199 Å². The van der Waals surface area contributed by atoms with Gasteiger partial charge in [0.1, 0.15) is 17.0 Å². The number of ether oxygens (including phenoxy) is 2. The van der Waals surface area contributed by atoms with Crippen LogP contribution in [0.5, 0.6) is 5.75 Å². The number of esters is 1. The van der Waals surface area contributed by atoms with Gasteiger partial charge in [0.05, 0.1) is 20.8 Å². The number of nitrogens with zero attached hydrogens (tertiary/aromatic N) is 3. The van der Waals surface area contributed by atoms with Gasteiger partial charge in [-0.3, -0.25) is 19.2 Å². The first-order valence-electron chi connectivity index (χ1n) is 11.8. The van der Waals surface area contributed by atoms with Crippen LogP contribution in [0.3, 0.4) is 0 Å². The maximum atomic E-state index is 13.8. The van der Waals surface area contributed by atoms with Gasteiger partial charge < -0.3 is 14.8 Å². The SMILES string of the molecule is COC(=O)c1cc2n(n1)C[C@](C)(C(=O)NC1CCCCCCC1)N(c1ccc(OC)cc1)C2=O. The van der Waals surface area contributed by atoms with E-state index in [0.29, 0.717) is 11.4 Å². The Morgan fingerprint density at radius 2 is 1.71 bits per heavy atom. The zero-order valence-electron chi connectivity index (χ0n) is 20.0. The van der Waals surface area contributed by atoms with Crippen molar-refractivity contribution in [3.8, 4) is 5.75 Å². The number of hydrogen-bond donors (Lipinski definition) is 1. The maximum absolute atomic E-state index is 13.8. The first-order valence-corrected chi connectivity index (χ1v) is 11.8. The average Bonchev–Trinajstić information content (AvgIpc) is 3.24. The Morgan fingerprint density at radius 3 is 2.32 bits per heavy atom. The third-order valence-corrected chi connectivity index (χ3v) is 6.81. The molecule has 2 heterocycles. The minimum Gasteiger partial charge on any atom is -0.497 e. The van der Waals surface area contributed by atoms with Crippen molar-refractivity contribution in [3.05, 3.63) is 41.7 Å². The lowest BCUT2D eigenvalue weighted by Crippen LogP contribution is -2.65. The summed E-state index contributed by atoms with van der Waals surface area (Å²) in [6.45, 7) is 1.85. The number of fused-ring (bicyclic) bond motifs is 1. The van der Waals surface area contributed by atoms with Gasteiger partial charge in [-0.25, -0.2) is 4.79 Å². The van der Waals surface area contributed by atoms with E-state index in [1.165, 1.54) is 42.0 Å². The van der Waals surface area contributed by atoms with Crippen LogP contribution in [-0.2, 0) is 16.1 Å². The minimum absolute atomic E-state index is 0.0326. The van der Waals surface area contributed by atoms with Gasteiger partial charge in [-0.1, -0.05) is 32.1 Å². The molecule has 34 heavy (non-hydrogen) atoms. The van der Waals surface area contributed by atoms with Crippen LogP contribution in [0.1, 0.15) is 72.8 Å². The van der Waals surface area contributed by atoms with E-state index in [1.54, 1.807) is 38.3 Å². The predicted molar refractivity (Wildman–Crippen MR) is 126 cm³/mol. The molecular formula is C25H32N4O5. The topological polar surface area (TPSA) is 103 Å². The molecule has 4 rings (SSSR count). The van der Waals surface area contributed by atoms with Crippen LogP contribution >= 0.6 is 0 Å². The van der Waals surface area contributed by atoms with Gasteiger partial charge in [-0.05, 0) is 44.0 Å². The zero-order valence-corrected chi connectivity index (χ0v) is 20.0. The lowest BCUT2D eigenvalue weighted by atomic mass is 9.91. The number of anilines is 1. The van der Waals surface area contributed by atoms with E-state index >= 15 is 0 Å². The van der Waals surface area contributed by atoms with Crippen molar-refractivity contribution in [1.82, 2.24) is 15.1 Å². The largest absolute Gasteiger partial charge is 0.497 e. The molecule has 1 saturated carbocycles. The van der Waals surface area contributed by atoms with Gasteiger partial charge in [0.15, 0.2) is 5.69 Å². The number of carbonyl (C=O) groups is 3. The highest BCUT2D eigenvalue weighted by molar-refractivity contribution is 6.12. The lowest BCUT2D eigenvalue weighted by molar-refractivity contribution is -0.127. The van der Waals surface area contributed by atoms with Gasteiger partial charge in [0, 0.05) is 17.8 Å². The molecule has 9 heteroatoms. The second kappa shape index (κ2) is 9.87. The highest BCUT2D eigenvalue weighted by atomic mass is 16.5. The second-order valence-electron chi connectivity index (χ2n) is 9.19. The lowest BCUT2D eigenvalue weighted by Gasteiger charge is -2.43. The first kappa shape index (κ1) is 23.8. The third-order valence-electron chi connectivity index (χ3n) is 6.81. The standard InChI is InChI=1S/C25H32N4O5/c1-25(24(32)26-17-9-7-5-4-6-8-10-17)16-28-21(15-20(27-28)23(31)34-3)22(30)29(25)18-11-13-19(33-2)14-12-18/h11-15,17H,4-10,16H2,1-3H3,(H,26,32)/t25-/m1/s1. The molecule has 1 aliphatic carbocycles. The summed E-state index contributed by atoms with van der Waals surface area (Å²) in [6.07, 6.45) is 7.60. The summed E-state index contributed by atoms with van der Waals surface area (Å²) in [6, 6.07) is 8.50. The summed E-state index contributed by atoms with van der Waals surface area (Å²) in [5.41, 5.74) is -0.425. The summed E-state index contributed by atoms with van der Waals surface area (Å²) < 4.78 is 11.5. The summed E-state index contributed by atoms with van der Waals surface area (Å²) >= 11 is 0. The van der Waals surface area contributed by atoms with Gasteiger partial charge in [0.25, 0.3) is 5.91 Å². The Morgan fingerprint density at radius 1 is 1.06 bits per heavy atom. The molecule has 0 unspecified atom stereocenters. The number of benzene rings is 1. The van der Waals surface area contributed by atoms with E-state index in [-0.39, 0.29) is 29.9 Å². The van der Waals surface area contributed by atoms with Crippen molar-refractivity contribution in [3.63, 3.8) is 0 Å². The summed E-state index contributed by atoms with van der Waals surface area (Å²) in [4.78, 5) is 41.1. The van der Waals surface area contributed by atoms with Gasteiger partial charge in [-0.15, -0.1) is 0 Å². The molecule has 0 spiro atoms. The molecule has 1 aliphatic heterocycles. The van der Waals surface area contributed by atoms with Crippen LogP contribution in [-0.4, -0.2) is 53.4 Å². The third kappa shape index (κ3) is 4.51. The Bertz CT molecular complexity index is 1060. The number of aromatic nitrogens is 2. The smallest absolute Gasteiger partial charge is 0.358 e. The van der Waals surface area contributed by atoms with Crippen LogP contribution in [0.4, 0.5) is 5.69 Å². The van der Waals surface area contributed by atoms with E-state index < -0.39 is 17.4 Å². The van der Waals surface area contributed by atoms with E-state index in [1.807, 2.05) is 0 Å². The molecule has 2 aliphatic rings. The molecule has 182 valence electrons. The molecule has 9 nitrogen and oxygen atoms in total. The van der Waals surface area contributed by atoms with Gasteiger partial charge >= 0.3 is 5.97 Å². The molecule has 2 amide bonds. The second-order valence-corrected chi connectivity index (χ2v) is 9.19. The van der Waals surface area contributed by atoms with Crippen molar-refractivity contribution in [2.45, 2.75) is 70.0 Å². The summed E-state index contributed by atoms with van der Waals surface area (Å²) in [5.74, 6) is -0.629. The van der Waals surface area contributed by atoms with E-state index in [2.05, 4.69) is 10.4 Å². The molecule has 0 bridgehead atoms. The van der Waals surface area contributed by atoms with E-state index in [9.17, 15) is 14.4 Å². The molecule has 1 N–H and O–H groups in total. The van der Waals surface area contributed by atoms with Crippen LogP contribution in [0.15, 0.2) is 30.3 Å². The van der Waals surface area contributed by atoms with Gasteiger partial charge in [-0.2, -0.15) is 5.10 Å². The van der Waals surface area contributed by atoms with Crippen molar-refractivity contribution >= 4 is 23.5 Å². The van der Waals surface area contributed by atoms with Crippen molar-refractivity contribution < 1.29 is 23.9 Å².